The molecule has 0 unspecified atom stereocenters. The summed E-state index contributed by atoms with van der Waals surface area (Å²) in [6.07, 6.45) is 0.712. The molecule has 2 aliphatic rings. The molecule has 124 valence electrons. The largest absolute Gasteiger partial charge is 0.357 e. The maximum Gasteiger partial charge on any atom is 0.242 e. The number of halogens is 1. The van der Waals surface area contributed by atoms with Gasteiger partial charge in [0, 0.05) is 39.6 Å². The van der Waals surface area contributed by atoms with Crippen LogP contribution in [-0.2, 0) is 16.1 Å². The number of likely N-dealkylation sites (tertiary alicyclic amines) is 2. The Morgan fingerprint density at radius 2 is 1.96 bits per heavy atom. The van der Waals surface area contributed by atoms with E-state index in [0.29, 0.717) is 12.3 Å². The first-order valence-electron chi connectivity index (χ1n) is 7.97. The Morgan fingerprint density at radius 1 is 1.26 bits per heavy atom. The standard InChI is InChI=1S/C17H22FN3O2/c1-11(22)21-15(17(23)19-2)7-13-9-20(10-16(13)21)8-12-3-5-14(18)6-4-12/h3-6,13,15-16H,7-10H2,1-2H3,(H,19,23)/t13-,15-,16+/m0/s1. The van der Waals surface area contributed by atoms with Crippen molar-refractivity contribution in [1.82, 2.24) is 15.1 Å². The van der Waals surface area contributed by atoms with Crippen LogP contribution in [0.15, 0.2) is 24.3 Å². The Balaban J connectivity index is 1.69. The van der Waals surface area contributed by atoms with Crippen molar-refractivity contribution in [1.29, 1.82) is 0 Å². The van der Waals surface area contributed by atoms with Gasteiger partial charge in [-0.1, -0.05) is 12.1 Å². The molecule has 0 aromatic heterocycles. The van der Waals surface area contributed by atoms with Gasteiger partial charge in [-0.05, 0) is 30.0 Å². The molecule has 1 aromatic rings. The first-order chi connectivity index (χ1) is 11.0. The monoisotopic (exact) mass is 319 g/mol. The molecule has 0 saturated carbocycles. The summed E-state index contributed by atoms with van der Waals surface area (Å²) in [7, 11) is 1.61. The maximum atomic E-state index is 13.0. The molecule has 0 radical (unpaired) electrons. The number of carbonyl (C=O) groups excluding carboxylic acids is 2. The molecular weight excluding hydrogens is 297 g/mol. The van der Waals surface area contributed by atoms with Crippen molar-refractivity contribution in [3.8, 4) is 0 Å². The molecule has 2 heterocycles. The molecule has 2 amide bonds. The van der Waals surface area contributed by atoms with Crippen molar-refractivity contribution >= 4 is 11.8 Å². The molecule has 0 aliphatic carbocycles. The number of rotatable bonds is 3. The molecule has 1 aromatic carbocycles. The normalized spacial score (nSPS) is 27.1. The molecule has 3 atom stereocenters. The number of hydrogen-bond donors (Lipinski definition) is 1. The van der Waals surface area contributed by atoms with Gasteiger partial charge in [0.2, 0.25) is 11.8 Å². The summed E-state index contributed by atoms with van der Waals surface area (Å²) < 4.78 is 13.0. The molecular formula is C17H22FN3O2. The van der Waals surface area contributed by atoms with Crippen LogP contribution in [0.3, 0.4) is 0 Å². The van der Waals surface area contributed by atoms with Gasteiger partial charge in [-0.2, -0.15) is 0 Å². The molecule has 6 heteroatoms. The molecule has 0 spiro atoms. The Morgan fingerprint density at radius 3 is 2.57 bits per heavy atom. The summed E-state index contributed by atoms with van der Waals surface area (Å²) in [4.78, 5) is 28.0. The second kappa shape index (κ2) is 6.28. The minimum absolute atomic E-state index is 0.0465. The Bertz CT molecular complexity index is 604. The van der Waals surface area contributed by atoms with Gasteiger partial charge in [0.25, 0.3) is 0 Å². The molecule has 23 heavy (non-hydrogen) atoms. The van der Waals surface area contributed by atoms with Crippen LogP contribution in [0, 0.1) is 11.7 Å². The zero-order valence-corrected chi connectivity index (χ0v) is 13.5. The Labute approximate surface area is 135 Å². The summed E-state index contributed by atoms with van der Waals surface area (Å²) in [5.41, 5.74) is 1.06. The number of carbonyl (C=O) groups is 2. The summed E-state index contributed by atoms with van der Waals surface area (Å²) in [5.74, 6) is -0.0423. The first-order valence-corrected chi connectivity index (χ1v) is 7.97. The molecule has 1 N–H and O–H groups in total. The first kappa shape index (κ1) is 15.9. The topological polar surface area (TPSA) is 52.7 Å². The fourth-order valence-electron chi connectivity index (χ4n) is 3.95. The van der Waals surface area contributed by atoms with E-state index in [-0.39, 0.29) is 29.7 Å². The van der Waals surface area contributed by atoms with E-state index in [0.717, 1.165) is 25.2 Å². The van der Waals surface area contributed by atoms with Crippen LogP contribution in [0.4, 0.5) is 4.39 Å². The number of likely N-dealkylation sites (N-methyl/N-ethyl adjacent to an activating group) is 1. The van der Waals surface area contributed by atoms with E-state index in [4.69, 9.17) is 0 Å². The van der Waals surface area contributed by atoms with E-state index in [2.05, 4.69) is 10.2 Å². The molecule has 2 fully saturated rings. The summed E-state index contributed by atoms with van der Waals surface area (Å²) in [6.45, 7) is 3.89. The number of fused-ring (bicyclic) bond motifs is 1. The highest BCUT2D eigenvalue weighted by Crippen LogP contribution is 2.36. The Hall–Kier alpha value is -1.95. The minimum atomic E-state index is -0.347. The maximum absolute atomic E-state index is 13.0. The summed E-state index contributed by atoms with van der Waals surface area (Å²) >= 11 is 0. The lowest BCUT2D eigenvalue weighted by molar-refractivity contribution is -0.138. The zero-order chi connectivity index (χ0) is 16.6. The van der Waals surface area contributed by atoms with Crippen molar-refractivity contribution in [3.63, 3.8) is 0 Å². The van der Waals surface area contributed by atoms with Gasteiger partial charge in [-0.3, -0.25) is 14.5 Å². The molecule has 3 rings (SSSR count). The third kappa shape index (κ3) is 3.08. The van der Waals surface area contributed by atoms with Crippen molar-refractivity contribution in [2.75, 3.05) is 20.1 Å². The van der Waals surface area contributed by atoms with Gasteiger partial charge in [-0.15, -0.1) is 0 Å². The van der Waals surface area contributed by atoms with E-state index >= 15 is 0 Å². The van der Waals surface area contributed by atoms with Crippen molar-refractivity contribution in [3.05, 3.63) is 35.6 Å². The average molecular weight is 319 g/mol. The number of benzene rings is 1. The number of amides is 2. The average Bonchev–Trinajstić information content (AvgIpc) is 3.05. The van der Waals surface area contributed by atoms with Gasteiger partial charge < -0.3 is 10.2 Å². The third-order valence-electron chi connectivity index (χ3n) is 4.93. The highest BCUT2D eigenvalue weighted by Gasteiger charge is 2.49. The van der Waals surface area contributed by atoms with Crippen LogP contribution in [-0.4, -0.2) is 53.8 Å². The van der Waals surface area contributed by atoms with Crippen molar-refractivity contribution in [2.24, 2.45) is 5.92 Å². The van der Waals surface area contributed by atoms with E-state index in [1.807, 2.05) is 0 Å². The lowest BCUT2D eigenvalue weighted by Crippen LogP contribution is -2.49. The molecule has 2 aliphatic heterocycles. The summed E-state index contributed by atoms with van der Waals surface area (Å²) in [5, 5.41) is 2.66. The smallest absolute Gasteiger partial charge is 0.242 e. The van der Waals surface area contributed by atoms with Gasteiger partial charge in [0.05, 0.1) is 0 Å². The van der Waals surface area contributed by atoms with E-state index < -0.39 is 0 Å². The van der Waals surface area contributed by atoms with Gasteiger partial charge in [0.1, 0.15) is 11.9 Å². The van der Waals surface area contributed by atoms with Crippen LogP contribution in [0.5, 0.6) is 0 Å². The second-order valence-corrected chi connectivity index (χ2v) is 6.44. The predicted octanol–water partition coefficient (Wildman–Crippen LogP) is 0.993. The number of nitrogens with one attached hydrogen (secondary N) is 1. The van der Waals surface area contributed by atoms with Crippen molar-refractivity contribution < 1.29 is 14.0 Å². The van der Waals surface area contributed by atoms with E-state index in [1.54, 1.807) is 24.1 Å². The minimum Gasteiger partial charge on any atom is -0.357 e. The fourth-order valence-corrected chi connectivity index (χ4v) is 3.95. The number of hydrogen-bond acceptors (Lipinski definition) is 3. The van der Waals surface area contributed by atoms with Gasteiger partial charge in [-0.25, -0.2) is 4.39 Å². The van der Waals surface area contributed by atoms with Gasteiger partial charge in [0.15, 0.2) is 0 Å². The Kier molecular flexibility index (Phi) is 4.35. The zero-order valence-electron chi connectivity index (χ0n) is 13.5. The molecule has 5 nitrogen and oxygen atoms in total. The van der Waals surface area contributed by atoms with Gasteiger partial charge >= 0.3 is 0 Å². The molecule has 2 saturated heterocycles. The van der Waals surface area contributed by atoms with E-state index in [9.17, 15) is 14.0 Å². The SMILES string of the molecule is CNC(=O)[C@@H]1C[C@H]2CN(Cc3ccc(F)cc3)C[C@H]2N1C(C)=O. The number of nitrogens with zero attached hydrogens (tertiary/aromatic N) is 2. The van der Waals surface area contributed by atoms with Crippen LogP contribution in [0.1, 0.15) is 18.9 Å². The van der Waals surface area contributed by atoms with Crippen LogP contribution < -0.4 is 5.32 Å². The molecule has 0 bridgehead atoms. The lowest BCUT2D eigenvalue weighted by Gasteiger charge is -2.28. The van der Waals surface area contributed by atoms with Crippen LogP contribution >= 0.6 is 0 Å². The summed E-state index contributed by atoms with van der Waals surface area (Å²) in [6, 6.07) is 6.26. The highest BCUT2D eigenvalue weighted by molar-refractivity contribution is 5.87. The quantitative estimate of drug-likeness (QED) is 0.904. The lowest BCUT2D eigenvalue weighted by atomic mass is 10.0. The fraction of sp³-hybridized carbons (Fsp3) is 0.529. The van der Waals surface area contributed by atoms with Crippen LogP contribution in [0.2, 0.25) is 0 Å². The predicted molar refractivity (Wildman–Crippen MR) is 83.9 cm³/mol. The van der Waals surface area contributed by atoms with Crippen molar-refractivity contribution in [2.45, 2.75) is 32.0 Å². The second-order valence-electron chi connectivity index (χ2n) is 6.44. The highest BCUT2D eigenvalue weighted by atomic mass is 19.1. The van der Waals surface area contributed by atoms with Crippen LogP contribution in [0.25, 0.3) is 0 Å². The third-order valence-corrected chi connectivity index (χ3v) is 4.93. The van der Waals surface area contributed by atoms with E-state index in [1.165, 1.54) is 19.1 Å².